The number of hydrogen-bond acceptors (Lipinski definition) is 4. The van der Waals surface area contributed by atoms with Crippen LogP contribution in [0.25, 0.3) is 16.6 Å². The van der Waals surface area contributed by atoms with Gasteiger partial charge in [0.25, 0.3) is 5.91 Å². The topological polar surface area (TPSA) is 69.0 Å². The van der Waals surface area contributed by atoms with Crippen LogP contribution in [0.2, 0.25) is 0 Å². The average molecular weight is 358 g/mol. The normalized spacial score (nSPS) is 10.7. The van der Waals surface area contributed by atoms with Gasteiger partial charge in [-0.15, -0.1) is 0 Å². The standard InChI is InChI=1S/C21H18N4O2/c1-14-8-10-15(11-9-14)24-21(26)19-20(27-2)17-12-23-25(18(17)13-22-19)16-6-4-3-5-7-16/h3-13H,1-2H3,(H,24,26). The number of rotatable bonds is 4. The van der Waals surface area contributed by atoms with E-state index in [1.54, 1.807) is 17.1 Å². The SMILES string of the molecule is COc1c(C(=O)Nc2ccc(C)cc2)ncc2c1cnn2-c1ccccc1. The number of para-hydroxylation sites is 1. The van der Waals surface area contributed by atoms with Crippen molar-refractivity contribution in [3.63, 3.8) is 0 Å². The lowest BCUT2D eigenvalue weighted by Crippen LogP contribution is -2.15. The van der Waals surface area contributed by atoms with Gasteiger partial charge in [0.05, 0.1) is 36.1 Å². The first-order chi connectivity index (χ1) is 13.2. The highest BCUT2D eigenvalue weighted by Gasteiger charge is 2.20. The lowest BCUT2D eigenvalue weighted by atomic mass is 10.2. The summed E-state index contributed by atoms with van der Waals surface area (Å²) in [6, 6.07) is 17.3. The highest BCUT2D eigenvalue weighted by atomic mass is 16.5. The minimum absolute atomic E-state index is 0.221. The van der Waals surface area contributed by atoms with Crippen molar-refractivity contribution in [2.75, 3.05) is 12.4 Å². The van der Waals surface area contributed by atoms with Crippen molar-refractivity contribution in [3.05, 3.63) is 78.2 Å². The number of hydrogen-bond donors (Lipinski definition) is 1. The molecule has 0 radical (unpaired) electrons. The van der Waals surface area contributed by atoms with Gasteiger partial charge in [-0.1, -0.05) is 35.9 Å². The lowest BCUT2D eigenvalue weighted by molar-refractivity contribution is 0.101. The van der Waals surface area contributed by atoms with Crippen LogP contribution in [-0.4, -0.2) is 27.8 Å². The van der Waals surface area contributed by atoms with Crippen LogP contribution in [0.1, 0.15) is 16.1 Å². The maximum absolute atomic E-state index is 12.7. The molecule has 0 saturated heterocycles. The third-order valence-corrected chi connectivity index (χ3v) is 4.31. The van der Waals surface area contributed by atoms with Crippen LogP contribution in [0, 0.1) is 6.92 Å². The number of methoxy groups -OCH3 is 1. The Morgan fingerprint density at radius 3 is 2.48 bits per heavy atom. The summed E-state index contributed by atoms with van der Waals surface area (Å²) in [7, 11) is 1.53. The summed E-state index contributed by atoms with van der Waals surface area (Å²) in [4.78, 5) is 17.1. The molecule has 1 N–H and O–H groups in total. The molecule has 0 unspecified atom stereocenters. The molecule has 0 bridgehead atoms. The number of fused-ring (bicyclic) bond motifs is 1. The van der Waals surface area contributed by atoms with Crippen LogP contribution >= 0.6 is 0 Å². The molecule has 0 aliphatic rings. The fourth-order valence-corrected chi connectivity index (χ4v) is 2.94. The Hall–Kier alpha value is -3.67. The Bertz CT molecular complexity index is 1100. The molecule has 6 nitrogen and oxygen atoms in total. The molecule has 2 aromatic carbocycles. The van der Waals surface area contributed by atoms with Gasteiger partial charge >= 0.3 is 0 Å². The van der Waals surface area contributed by atoms with Crippen LogP contribution in [-0.2, 0) is 0 Å². The summed E-state index contributed by atoms with van der Waals surface area (Å²) >= 11 is 0. The van der Waals surface area contributed by atoms with Crippen molar-refractivity contribution in [2.45, 2.75) is 6.92 Å². The number of nitrogens with one attached hydrogen (secondary N) is 1. The highest BCUT2D eigenvalue weighted by Crippen LogP contribution is 2.29. The Kier molecular flexibility index (Phi) is 4.30. The number of carbonyl (C=O) groups is 1. The largest absolute Gasteiger partial charge is 0.493 e. The number of anilines is 1. The highest BCUT2D eigenvalue weighted by molar-refractivity contribution is 6.08. The van der Waals surface area contributed by atoms with E-state index in [0.717, 1.165) is 22.2 Å². The number of aryl methyl sites for hydroxylation is 1. The molecule has 1 amide bonds. The first-order valence-electron chi connectivity index (χ1n) is 8.51. The second kappa shape index (κ2) is 6.92. The number of aromatic nitrogens is 3. The maximum atomic E-state index is 12.7. The molecule has 6 heteroatoms. The van der Waals surface area contributed by atoms with Crippen molar-refractivity contribution >= 4 is 22.5 Å². The van der Waals surface area contributed by atoms with E-state index in [-0.39, 0.29) is 11.6 Å². The fourth-order valence-electron chi connectivity index (χ4n) is 2.94. The predicted molar refractivity (Wildman–Crippen MR) is 105 cm³/mol. The van der Waals surface area contributed by atoms with E-state index in [4.69, 9.17) is 4.74 Å². The monoisotopic (exact) mass is 358 g/mol. The Labute approximate surface area is 156 Å². The zero-order valence-corrected chi connectivity index (χ0v) is 15.0. The van der Waals surface area contributed by atoms with E-state index in [0.29, 0.717) is 11.4 Å². The second-order valence-corrected chi connectivity index (χ2v) is 6.15. The number of amides is 1. The molecular formula is C21H18N4O2. The van der Waals surface area contributed by atoms with Gasteiger partial charge in [-0.25, -0.2) is 9.67 Å². The van der Waals surface area contributed by atoms with Crippen molar-refractivity contribution < 1.29 is 9.53 Å². The van der Waals surface area contributed by atoms with Crippen LogP contribution in [0.5, 0.6) is 5.75 Å². The molecule has 2 aromatic heterocycles. The van der Waals surface area contributed by atoms with Crippen LogP contribution in [0.4, 0.5) is 5.69 Å². The van der Waals surface area contributed by atoms with Crippen LogP contribution < -0.4 is 10.1 Å². The molecule has 4 rings (SSSR count). The van der Waals surface area contributed by atoms with Crippen molar-refractivity contribution in [1.29, 1.82) is 0 Å². The third-order valence-electron chi connectivity index (χ3n) is 4.31. The van der Waals surface area contributed by atoms with E-state index >= 15 is 0 Å². The van der Waals surface area contributed by atoms with Gasteiger partial charge in [0.2, 0.25) is 0 Å². The Morgan fingerprint density at radius 1 is 1.04 bits per heavy atom. The molecule has 27 heavy (non-hydrogen) atoms. The van der Waals surface area contributed by atoms with Gasteiger partial charge in [-0.2, -0.15) is 5.10 Å². The van der Waals surface area contributed by atoms with Gasteiger partial charge in [0, 0.05) is 5.69 Å². The van der Waals surface area contributed by atoms with Crippen LogP contribution in [0.3, 0.4) is 0 Å². The summed E-state index contributed by atoms with van der Waals surface area (Å²) < 4.78 is 7.28. The molecular weight excluding hydrogens is 340 g/mol. The van der Waals surface area contributed by atoms with Gasteiger partial charge < -0.3 is 10.1 Å². The minimum atomic E-state index is -0.329. The fraction of sp³-hybridized carbons (Fsp3) is 0.0952. The number of nitrogens with zero attached hydrogens (tertiary/aromatic N) is 3. The van der Waals surface area contributed by atoms with Gasteiger partial charge in [0.15, 0.2) is 11.4 Å². The molecule has 2 heterocycles. The van der Waals surface area contributed by atoms with E-state index in [1.807, 2.05) is 61.5 Å². The molecule has 0 spiro atoms. The summed E-state index contributed by atoms with van der Waals surface area (Å²) in [6.45, 7) is 1.99. The van der Waals surface area contributed by atoms with E-state index in [9.17, 15) is 4.79 Å². The van der Waals surface area contributed by atoms with Gasteiger partial charge in [-0.05, 0) is 31.2 Å². The molecule has 0 fully saturated rings. The number of pyridine rings is 1. The van der Waals surface area contributed by atoms with Crippen molar-refractivity contribution in [3.8, 4) is 11.4 Å². The summed E-state index contributed by atoms with van der Waals surface area (Å²) in [5.41, 5.74) is 3.73. The van der Waals surface area contributed by atoms with Crippen molar-refractivity contribution in [2.24, 2.45) is 0 Å². The van der Waals surface area contributed by atoms with Gasteiger partial charge in [0.1, 0.15) is 0 Å². The minimum Gasteiger partial charge on any atom is -0.493 e. The zero-order chi connectivity index (χ0) is 18.8. The smallest absolute Gasteiger partial charge is 0.278 e. The molecule has 134 valence electrons. The molecule has 4 aromatic rings. The third kappa shape index (κ3) is 3.13. The van der Waals surface area contributed by atoms with Crippen LogP contribution in [0.15, 0.2) is 67.0 Å². The molecule has 0 saturated carbocycles. The van der Waals surface area contributed by atoms with E-state index in [2.05, 4.69) is 15.4 Å². The summed E-state index contributed by atoms with van der Waals surface area (Å²) in [5, 5.41) is 8.02. The predicted octanol–water partition coefficient (Wildman–Crippen LogP) is 3.99. The van der Waals surface area contributed by atoms with E-state index < -0.39 is 0 Å². The zero-order valence-electron chi connectivity index (χ0n) is 15.0. The molecule has 0 atom stereocenters. The first-order valence-corrected chi connectivity index (χ1v) is 8.51. The van der Waals surface area contributed by atoms with Gasteiger partial charge in [-0.3, -0.25) is 4.79 Å². The number of ether oxygens (including phenoxy) is 1. The second-order valence-electron chi connectivity index (χ2n) is 6.15. The lowest BCUT2D eigenvalue weighted by Gasteiger charge is -2.10. The average Bonchev–Trinajstić information content (AvgIpc) is 3.13. The summed E-state index contributed by atoms with van der Waals surface area (Å²) in [6.07, 6.45) is 3.33. The molecule has 0 aliphatic heterocycles. The van der Waals surface area contributed by atoms with E-state index in [1.165, 1.54) is 7.11 Å². The Morgan fingerprint density at radius 2 is 1.78 bits per heavy atom. The molecule has 0 aliphatic carbocycles. The maximum Gasteiger partial charge on any atom is 0.278 e. The Balaban J connectivity index is 1.74. The number of carbonyl (C=O) groups excluding carboxylic acids is 1. The quantitative estimate of drug-likeness (QED) is 0.599. The first kappa shape index (κ1) is 16.8. The number of benzene rings is 2. The summed E-state index contributed by atoms with van der Waals surface area (Å²) in [5.74, 6) is 0.0735. The van der Waals surface area contributed by atoms with Crippen molar-refractivity contribution in [1.82, 2.24) is 14.8 Å².